The van der Waals surface area contributed by atoms with Gasteiger partial charge in [-0.05, 0) is 32.6 Å². The topological polar surface area (TPSA) is 80.7 Å². The highest BCUT2D eigenvalue weighted by Crippen LogP contribution is 2.29. The number of aliphatic carboxylic acids is 1. The van der Waals surface area contributed by atoms with Gasteiger partial charge in [-0.3, -0.25) is 9.59 Å². The fraction of sp³-hybridized carbons (Fsp3) is 0.688. The summed E-state index contributed by atoms with van der Waals surface area (Å²) in [5.74, 6) is -1.45. The van der Waals surface area contributed by atoms with Gasteiger partial charge < -0.3 is 9.84 Å². The van der Waals surface area contributed by atoms with E-state index in [0.717, 1.165) is 57.4 Å². The van der Waals surface area contributed by atoms with Crippen molar-refractivity contribution in [3.63, 3.8) is 0 Å². The molecule has 5 nitrogen and oxygen atoms in total. The van der Waals surface area contributed by atoms with E-state index in [4.69, 9.17) is 9.84 Å². The monoisotopic (exact) mass is 296 g/mol. The molecule has 0 atom stereocenters. The molecule has 0 heterocycles. The van der Waals surface area contributed by atoms with E-state index in [9.17, 15) is 14.4 Å². The minimum atomic E-state index is -0.891. The first-order valence-electron chi connectivity index (χ1n) is 7.65. The van der Waals surface area contributed by atoms with Crippen LogP contribution < -0.4 is 0 Å². The van der Waals surface area contributed by atoms with Crippen molar-refractivity contribution in [3.05, 3.63) is 12.2 Å². The van der Waals surface area contributed by atoms with Crippen LogP contribution in [0.4, 0.5) is 0 Å². The van der Waals surface area contributed by atoms with Gasteiger partial charge in [-0.25, -0.2) is 4.79 Å². The van der Waals surface area contributed by atoms with Crippen LogP contribution in [0.3, 0.4) is 0 Å². The Morgan fingerprint density at radius 1 is 0.905 bits per heavy atom. The highest BCUT2D eigenvalue weighted by Gasteiger charge is 2.30. The third kappa shape index (κ3) is 6.56. The van der Waals surface area contributed by atoms with Crippen molar-refractivity contribution in [2.45, 2.75) is 58.3 Å². The highest BCUT2D eigenvalue weighted by atomic mass is 16.6. The van der Waals surface area contributed by atoms with E-state index in [1.54, 1.807) is 6.92 Å². The van der Waals surface area contributed by atoms with Crippen LogP contribution in [0.1, 0.15) is 58.3 Å². The molecule has 2 rings (SSSR count). The number of carbonyl (C=O) groups is 3. The predicted octanol–water partition coefficient (Wildman–Crippen LogP) is 3.08. The van der Waals surface area contributed by atoms with Crippen LogP contribution in [0, 0.1) is 11.8 Å². The molecule has 21 heavy (non-hydrogen) atoms. The van der Waals surface area contributed by atoms with Gasteiger partial charge in [0.1, 0.15) is 0 Å². The van der Waals surface area contributed by atoms with Crippen LogP contribution in [0.25, 0.3) is 0 Å². The average molecular weight is 296 g/mol. The molecule has 0 aromatic heterocycles. The number of hydrogen-bond donors (Lipinski definition) is 1. The van der Waals surface area contributed by atoms with Crippen molar-refractivity contribution in [1.82, 2.24) is 0 Å². The first-order chi connectivity index (χ1) is 10.0. The molecular formula is C16H24O5. The van der Waals surface area contributed by atoms with E-state index < -0.39 is 5.97 Å². The summed E-state index contributed by atoms with van der Waals surface area (Å²) >= 11 is 0. The lowest BCUT2D eigenvalue weighted by Gasteiger charge is -2.11. The molecule has 0 unspecified atom stereocenters. The van der Waals surface area contributed by atoms with Crippen LogP contribution in [0.2, 0.25) is 0 Å². The second-order valence-electron chi connectivity index (χ2n) is 5.54. The van der Waals surface area contributed by atoms with Crippen LogP contribution in [-0.2, 0) is 19.1 Å². The predicted molar refractivity (Wildman–Crippen MR) is 77.5 cm³/mol. The Morgan fingerprint density at radius 3 is 1.52 bits per heavy atom. The van der Waals surface area contributed by atoms with E-state index in [1.165, 1.54) is 6.08 Å². The Balaban J connectivity index is 0.000000315. The Hall–Kier alpha value is -1.65. The van der Waals surface area contributed by atoms with Gasteiger partial charge in [-0.1, -0.05) is 31.8 Å². The summed E-state index contributed by atoms with van der Waals surface area (Å²) in [7, 11) is 0. The summed E-state index contributed by atoms with van der Waals surface area (Å²) < 4.78 is 4.94. The van der Waals surface area contributed by atoms with Crippen LogP contribution in [0.15, 0.2) is 12.2 Å². The number of esters is 2. The first-order valence-corrected chi connectivity index (χ1v) is 7.65. The molecule has 0 aromatic rings. The Bertz CT molecular complexity index is 361. The molecular weight excluding hydrogens is 272 g/mol. The van der Waals surface area contributed by atoms with E-state index >= 15 is 0 Å². The van der Waals surface area contributed by atoms with Gasteiger partial charge in [0.05, 0.1) is 11.8 Å². The maximum atomic E-state index is 11.6. The zero-order valence-electron chi connectivity index (χ0n) is 12.5. The van der Waals surface area contributed by atoms with Crippen molar-refractivity contribution in [3.8, 4) is 0 Å². The molecule has 0 aliphatic heterocycles. The van der Waals surface area contributed by atoms with Crippen molar-refractivity contribution in [2.24, 2.45) is 11.8 Å². The van der Waals surface area contributed by atoms with E-state index in [1.807, 2.05) is 0 Å². The summed E-state index contributed by atoms with van der Waals surface area (Å²) in [6.45, 7) is 1.66. The van der Waals surface area contributed by atoms with Gasteiger partial charge in [0, 0.05) is 6.08 Å². The normalized spacial score (nSPS) is 19.3. The zero-order valence-corrected chi connectivity index (χ0v) is 12.5. The van der Waals surface area contributed by atoms with Gasteiger partial charge in [-0.2, -0.15) is 0 Å². The highest BCUT2D eigenvalue weighted by molar-refractivity contribution is 5.88. The Morgan fingerprint density at radius 2 is 1.29 bits per heavy atom. The van der Waals surface area contributed by atoms with E-state index in [-0.39, 0.29) is 23.8 Å². The Kier molecular flexibility index (Phi) is 7.72. The molecule has 0 aromatic carbocycles. The maximum absolute atomic E-state index is 11.6. The summed E-state index contributed by atoms with van der Waals surface area (Å²) in [5.41, 5.74) is 0. The van der Waals surface area contributed by atoms with Crippen molar-refractivity contribution >= 4 is 17.9 Å². The van der Waals surface area contributed by atoms with Crippen molar-refractivity contribution in [2.75, 3.05) is 0 Å². The second-order valence-corrected chi connectivity index (χ2v) is 5.54. The Labute approximate surface area is 125 Å². The number of rotatable bonds is 3. The van der Waals surface area contributed by atoms with E-state index in [0.29, 0.717) is 0 Å². The van der Waals surface area contributed by atoms with Crippen molar-refractivity contribution < 1.29 is 24.2 Å². The number of carboxylic acids is 1. The number of allylic oxidation sites excluding steroid dienone is 1. The van der Waals surface area contributed by atoms with E-state index in [2.05, 4.69) is 0 Å². The van der Waals surface area contributed by atoms with Crippen LogP contribution in [0.5, 0.6) is 0 Å². The molecule has 0 bridgehead atoms. The van der Waals surface area contributed by atoms with Crippen molar-refractivity contribution in [1.29, 1.82) is 0 Å². The molecule has 2 fully saturated rings. The largest absolute Gasteiger partial charge is 0.478 e. The lowest BCUT2D eigenvalue weighted by atomic mass is 10.1. The molecule has 2 aliphatic rings. The quantitative estimate of drug-likeness (QED) is 0.492. The molecule has 1 N–H and O–H groups in total. The minimum absolute atomic E-state index is 0.00430. The molecule has 5 heteroatoms. The van der Waals surface area contributed by atoms with Gasteiger partial charge >= 0.3 is 17.9 Å². The summed E-state index contributed by atoms with van der Waals surface area (Å²) in [6.07, 6.45) is 10.5. The minimum Gasteiger partial charge on any atom is -0.478 e. The van der Waals surface area contributed by atoms with Gasteiger partial charge in [0.15, 0.2) is 0 Å². The van der Waals surface area contributed by atoms with Crippen LogP contribution >= 0.6 is 0 Å². The number of carbonyl (C=O) groups excluding carboxylic acids is 2. The van der Waals surface area contributed by atoms with Gasteiger partial charge in [-0.15, -0.1) is 0 Å². The maximum Gasteiger partial charge on any atom is 0.327 e. The fourth-order valence-corrected chi connectivity index (χ4v) is 2.73. The molecule has 0 saturated heterocycles. The molecule has 0 spiro atoms. The lowest BCUT2D eigenvalue weighted by molar-refractivity contribution is -0.165. The SMILES string of the molecule is CC=CC(=O)O.O=C(OC(=O)C1CCCC1)C1CCCC1. The first kappa shape index (κ1) is 17.4. The zero-order chi connectivity index (χ0) is 15.7. The number of hydrogen-bond acceptors (Lipinski definition) is 4. The molecule has 118 valence electrons. The summed E-state index contributed by atoms with van der Waals surface area (Å²) in [6, 6.07) is 0. The third-order valence-electron chi connectivity index (χ3n) is 3.89. The molecule has 0 radical (unpaired) electrons. The molecule has 2 saturated carbocycles. The summed E-state index contributed by atoms with van der Waals surface area (Å²) in [5, 5.41) is 7.83. The lowest BCUT2D eigenvalue weighted by Crippen LogP contribution is -2.23. The average Bonchev–Trinajstić information content (AvgIpc) is 3.13. The summed E-state index contributed by atoms with van der Waals surface area (Å²) in [4.78, 5) is 32.7. The standard InChI is InChI=1S/C12H18O3.C4H6O2/c13-11(9-5-1-2-6-9)15-12(14)10-7-3-4-8-10;1-2-3-4(5)6/h9-10H,1-8H2;2-3H,1H3,(H,5,6). The van der Waals surface area contributed by atoms with Gasteiger partial charge in [0.2, 0.25) is 0 Å². The van der Waals surface area contributed by atoms with Crippen LogP contribution in [-0.4, -0.2) is 23.0 Å². The second kappa shape index (κ2) is 9.32. The fourth-order valence-electron chi connectivity index (χ4n) is 2.73. The molecule has 0 amide bonds. The number of ether oxygens (including phenoxy) is 1. The number of carboxylic acid groups (broad SMARTS) is 1. The smallest absolute Gasteiger partial charge is 0.327 e. The van der Waals surface area contributed by atoms with Gasteiger partial charge in [0.25, 0.3) is 0 Å². The third-order valence-corrected chi connectivity index (χ3v) is 3.89. The molecule has 2 aliphatic carbocycles.